The van der Waals surface area contributed by atoms with E-state index in [1.165, 1.54) is 12.1 Å². The van der Waals surface area contributed by atoms with Crippen molar-refractivity contribution in [1.29, 1.82) is 5.26 Å². The fourth-order valence-electron chi connectivity index (χ4n) is 2.96. The Morgan fingerprint density at radius 1 is 1.15 bits per heavy atom. The van der Waals surface area contributed by atoms with Crippen molar-refractivity contribution in [3.8, 4) is 22.9 Å². The van der Waals surface area contributed by atoms with Gasteiger partial charge in [0.1, 0.15) is 22.5 Å². The first kappa shape index (κ1) is 24.1. The van der Waals surface area contributed by atoms with Gasteiger partial charge in [0.05, 0.1) is 17.0 Å². The van der Waals surface area contributed by atoms with Gasteiger partial charge in [0.2, 0.25) is 5.91 Å². The Hall–Kier alpha value is -3.58. The Balaban J connectivity index is 1.85. The van der Waals surface area contributed by atoms with Gasteiger partial charge in [-0.2, -0.15) is 14.0 Å². The van der Waals surface area contributed by atoms with E-state index in [2.05, 4.69) is 15.0 Å². The van der Waals surface area contributed by atoms with Gasteiger partial charge in [0, 0.05) is 5.56 Å². The fourth-order valence-corrected chi connectivity index (χ4v) is 3.77. The first-order chi connectivity index (χ1) is 15.8. The molecule has 3 aromatic rings. The minimum Gasteiger partial charge on any atom is -0.433 e. The predicted octanol–water partition coefficient (Wildman–Crippen LogP) is 6.20. The monoisotopic (exact) mass is 475 g/mol. The molecule has 33 heavy (non-hydrogen) atoms. The number of rotatable bonds is 8. The van der Waals surface area contributed by atoms with E-state index in [-0.39, 0.29) is 33.3 Å². The molecule has 0 aliphatic rings. The molecule has 0 aliphatic carbocycles. The number of halogens is 4. The van der Waals surface area contributed by atoms with Gasteiger partial charge >= 0.3 is 6.61 Å². The molecule has 170 valence electrons. The topological polar surface area (TPSA) is 75.0 Å². The van der Waals surface area contributed by atoms with Gasteiger partial charge in [-0.15, -0.1) is 0 Å². The maximum Gasteiger partial charge on any atom is 0.387 e. The van der Waals surface area contributed by atoms with E-state index in [4.69, 9.17) is 0 Å². The second kappa shape index (κ2) is 10.8. The van der Waals surface area contributed by atoms with Crippen LogP contribution in [0.1, 0.15) is 23.2 Å². The Kier molecular flexibility index (Phi) is 7.90. The average Bonchev–Trinajstić information content (AvgIpc) is 2.79. The number of amides is 1. The quantitative estimate of drug-likeness (QED) is 0.310. The third-order valence-electron chi connectivity index (χ3n) is 4.39. The Labute approximate surface area is 191 Å². The highest BCUT2D eigenvalue weighted by Crippen LogP contribution is 2.34. The zero-order chi connectivity index (χ0) is 24.0. The van der Waals surface area contributed by atoms with E-state index >= 15 is 0 Å². The number of nitriles is 1. The van der Waals surface area contributed by atoms with Crippen LogP contribution in [0.15, 0.2) is 59.6 Å². The van der Waals surface area contributed by atoms with Gasteiger partial charge in [0.15, 0.2) is 0 Å². The summed E-state index contributed by atoms with van der Waals surface area (Å²) in [7, 11) is 0. The molecule has 0 atom stereocenters. The molecule has 1 N–H and O–H groups in total. The largest absolute Gasteiger partial charge is 0.433 e. The number of thioether (sulfide) groups is 1. The van der Waals surface area contributed by atoms with Crippen LogP contribution < -0.4 is 10.1 Å². The number of ether oxygens (including phenoxy) is 1. The Morgan fingerprint density at radius 2 is 1.88 bits per heavy atom. The molecule has 0 saturated carbocycles. The summed E-state index contributed by atoms with van der Waals surface area (Å²) < 4.78 is 56.6. The molecule has 0 radical (unpaired) electrons. The number of carbonyl (C=O) groups is 1. The van der Waals surface area contributed by atoms with E-state index in [0.717, 1.165) is 17.8 Å². The van der Waals surface area contributed by atoms with E-state index in [0.29, 0.717) is 11.1 Å². The first-order valence-electron chi connectivity index (χ1n) is 9.55. The van der Waals surface area contributed by atoms with Crippen LogP contribution in [-0.4, -0.2) is 23.3 Å². The molecule has 5 nitrogen and oxygen atoms in total. The van der Waals surface area contributed by atoms with E-state index in [1.54, 1.807) is 43.3 Å². The summed E-state index contributed by atoms with van der Waals surface area (Å²) in [6.45, 7) is -1.40. The molecule has 0 bridgehead atoms. The predicted molar refractivity (Wildman–Crippen MR) is 117 cm³/mol. The van der Waals surface area contributed by atoms with Crippen molar-refractivity contribution in [3.63, 3.8) is 0 Å². The summed E-state index contributed by atoms with van der Waals surface area (Å²) in [6, 6.07) is 16.0. The Bertz CT molecular complexity index is 1180. The van der Waals surface area contributed by atoms with Gasteiger partial charge in [-0.3, -0.25) is 4.79 Å². The number of hydrogen-bond donors (Lipinski definition) is 1. The zero-order valence-electron chi connectivity index (χ0n) is 17.2. The maximum atomic E-state index is 13.4. The molecule has 1 amide bonds. The third kappa shape index (κ3) is 6.23. The molecule has 0 unspecified atom stereocenters. The van der Waals surface area contributed by atoms with Crippen molar-refractivity contribution < 1.29 is 27.1 Å². The SMILES string of the molecule is Cc1ccc(NC(=O)CSc2nc(C(F)F)cc(-c3ccccc3)c2C#N)c(OC(F)F)c1. The van der Waals surface area contributed by atoms with Crippen molar-refractivity contribution in [3.05, 3.63) is 71.4 Å². The summed E-state index contributed by atoms with van der Waals surface area (Å²) in [5, 5.41) is 12.1. The molecular formula is C23H17F4N3O2S. The van der Waals surface area contributed by atoms with Crippen molar-refractivity contribution in [2.75, 3.05) is 11.1 Å². The zero-order valence-corrected chi connectivity index (χ0v) is 18.0. The van der Waals surface area contributed by atoms with Crippen LogP contribution in [0.4, 0.5) is 23.2 Å². The number of nitrogens with zero attached hydrogens (tertiary/aromatic N) is 2. The minimum absolute atomic E-state index is 0.0303. The standard InChI is InChI=1S/C23H17F4N3O2S/c1-13-7-8-17(19(9-13)32-23(26)27)29-20(31)12-33-22-16(11-28)15(10-18(30-22)21(24)25)14-5-3-2-4-6-14/h2-10,21,23H,12H2,1H3,(H,29,31). The average molecular weight is 475 g/mol. The first-order valence-corrected chi connectivity index (χ1v) is 10.5. The maximum absolute atomic E-state index is 13.4. The molecule has 10 heteroatoms. The van der Waals surface area contributed by atoms with Crippen molar-refractivity contribution in [2.45, 2.75) is 25.0 Å². The normalized spacial score (nSPS) is 10.8. The number of carbonyl (C=O) groups excluding carboxylic acids is 1. The number of aryl methyl sites for hydroxylation is 1. The molecule has 0 fully saturated rings. The Morgan fingerprint density at radius 3 is 2.52 bits per heavy atom. The van der Waals surface area contributed by atoms with Crippen LogP contribution in [-0.2, 0) is 4.79 Å². The highest BCUT2D eigenvalue weighted by molar-refractivity contribution is 8.00. The lowest BCUT2D eigenvalue weighted by atomic mass is 10.0. The number of nitrogens with one attached hydrogen (secondary N) is 1. The van der Waals surface area contributed by atoms with Crippen molar-refractivity contribution in [1.82, 2.24) is 4.98 Å². The molecule has 3 rings (SSSR count). The van der Waals surface area contributed by atoms with Crippen LogP contribution in [0.25, 0.3) is 11.1 Å². The highest BCUT2D eigenvalue weighted by atomic mass is 32.2. The number of aromatic nitrogens is 1. The van der Waals surface area contributed by atoms with E-state index < -0.39 is 24.6 Å². The van der Waals surface area contributed by atoms with Gasteiger partial charge in [-0.25, -0.2) is 13.8 Å². The van der Waals surface area contributed by atoms with E-state index in [1.807, 2.05) is 6.07 Å². The molecular weight excluding hydrogens is 458 g/mol. The number of benzene rings is 2. The molecule has 0 spiro atoms. The molecule has 1 heterocycles. The summed E-state index contributed by atoms with van der Waals surface area (Å²) in [4.78, 5) is 16.3. The highest BCUT2D eigenvalue weighted by Gasteiger charge is 2.20. The minimum atomic E-state index is -3.08. The molecule has 1 aromatic heterocycles. The van der Waals surface area contributed by atoms with E-state index in [9.17, 15) is 27.6 Å². The van der Waals surface area contributed by atoms with Crippen molar-refractivity contribution in [2.24, 2.45) is 0 Å². The van der Waals surface area contributed by atoms with Crippen molar-refractivity contribution >= 4 is 23.4 Å². The smallest absolute Gasteiger partial charge is 0.387 e. The second-order valence-electron chi connectivity index (χ2n) is 6.77. The summed E-state index contributed by atoms with van der Waals surface area (Å²) in [5.41, 5.74) is 1.04. The molecule has 0 saturated heterocycles. The summed E-state index contributed by atoms with van der Waals surface area (Å²) >= 11 is 0.794. The van der Waals surface area contributed by atoms with Crippen LogP contribution >= 0.6 is 11.8 Å². The van der Waals surface area contributed by atoms with Crippen LogP contribution in [0.5, 0.6) is 5.75 Å². The summed E-state index contributed by atoms with van der Waals surface area (Å²) in [6.07, 6.45) is -2.88. The van der Waals surface area contributed by atoms with Crippen LogP contribution in [0.2, 0.25) is 0 Å². The molecule has 2 aromatic carbocycles. The number of anilines is 1. The van der Waals surface area contributed by atoms with Gasteiger partial charge in [-0.05, 0) is 36.2 Å². The second-order valence-corrected chi connectivity index (χ2v) is 7.73. The lowest BCUT2D eigenvalue weighted by Crippen LogP contribution is -2.16. The lowest BCUT2D eigenvalue weighted by molar-refractivity contribution is -0.113. The molecule has 0 aliphatic heterocycles. The lowest BCUT2D eigenvalue weighted by Gasteiger charge is -2.14. The number of hydrogen-bond acceptors (Lipinski definition) is 5. The van der Waals surface area contributed by atoms with Crippen LogP contribution in [0.3, 0.4) is 0 Å². The summed E-state index contributed by atoms with van der Waals surface area (Å²) in [5.74, 6) is -1.12. The number of pyridine rings is 1. The van der Waals surface area contributed by atoms with Gasteiger partial charge in [0.25, 0.3) is 6.43 Å². The van der Waals surface area contributed by atoms with Crippen LogP contribution in [0, 0.1) is 18.3 Å². The fraction of sp³-hybridized carbons (Fsp3) is 0.174. The number of alkyl halides is 4. The van der Waals surface area contributed by atoms with Gasteiger partial charge < -0.3 is 10.1 Å². The van der Waals surface area contributed by atoms with Gasteiger partial charge in [-0.1, -0.05) is 48.2 Å². The third-order valence-corrected chi connectivity index (χ3v) is 5.37.